The van der Waals surface area contributed by atoms with Gasteiger partial charge in [-0.05, 0) is 37.0 Å². The zero-order valence-corrected chi connectivity index (χ0v) is 11.9. The molecule has 0 atom stereocenters. The molecular weight excluding hydrogens is 252 g/mol. The minimum atomic E-state index is 0.342. The molecule has 1 aromatic rings. The second-order valence-corrected chi connectivity index (χ2v) is 4.92. The number of unbranched alkanes of at least 4 members (excludes halogenated alkanes) is 1. The van der Waals surface area contributed by atoms with Crippen LogP contribution in [0.15, 0.2) is 41.2 Å². The molecule has 0 saturated carbocycles. The van der Waals surface area contributed by atoms with Crippen LogP contribution in [0.5, 0.6) is 5.75 Å². The van der Waals surface area contributed by atoms with Gasteiger partial charge in [-0.25, -0.2) is 0 Å². The van der Waals surface area contributed by atoms with E-state index in [1.54, 1.807) is 6.08 Å². The van der Waals surface area contributed by atoms with Gasteiger partial charge in [0.1, 0.15) is 11.5 Å². The van der Waals surface area contributed by atoms with Crippen molar-refractivity contribution >= 4 is 5.71 Å². The molecule has 4 nitrogen and oxygen atoms in total. The first kappa shape index (κ1) is 14.4. The Bertz CT molecular complexity index is 478. The fourth-order valence-corrected chi connectivity index (χ4v) is 1.98. The highest BCUT2D eigenvalue weighted by molar-refractivity contribution is 5.95. The fourth-order valence-electron chi connectivity index (χ4n) is 1.98. The molecule has 1 aromatic carbocycles. The Morgan fingerprint density at radius 3 is 2.75 bits per heavy atom. The number of aliphatic hydroxyl groups excluding tert-OH is 1. The molecule has 20 heavy (non-hydrogen) atoms. The SMILES string of the molecule is CCCCOc1ccc(CCC2=NNCC(O)=C2)cc1. The summed E-state index contributed by atoms with van der Waals surface area (Å²) in [6, 6.07) is 8.20. The van der Waals surface area contributed by atoms with E-state index in [-0.39, 0.29) is 0 Å². The van der Waals surface area contributed by atoms with Crippen LogP contribution in [0.25, 0.3) is 0 Å². The Balaban J connectivity index is 1.80. The predicted octanol–water partition coefficient (Wildman–Crippen LogP) is 3.20. The highest BCUT2D eigenvalue weighted by atomic mass is 16.5. The maximum atomic E-state index is 9.42. The van der Waals surface area contributed by atoms with Gasteiger partial charge in [-0.3, -0.25) is 0 Å². The van der Waals surface area contributed by atoms with Crippen molar-refractivity contribution in [3.63, 3.8) is 0 Å². The van der Waals surface area contributed by atoms with Crippen molar-refractivity contribution in [3.8, 4) is 5.75 Å². The summed E-state index contributed by atoms with van der Waals surface area (Å²) >= 11 is 0. The third-order valence-electron chi connectivity index (χ3n) is 3.18. The van der Waals surface area contributed by atoms with E-state index in [0.29, 0.717) is 12.3 Å². The van der Waals surface area contributed by atoms with E-state index in [2.05, 4.69) is 29.6 Å². The summed E-state index contributed by atoms with van der Waals surface area (Å²) < 4.78 is 5.63. The molecule has 0 aliphatic carbocycles. The topological polar surface area (TPSA) is 53.8 Å². The van der Waals surface area contributed by atoms with Gasteiger partial charge >= 0.3 is 0 Å². The van der Waals surface area contributed by atoms with Crippen LogP contribution in [-0.4, -0.2) is 24.0 Å². The first-order chi connectivity index (χ1) is 9.78. The monoisotopic (exact) mass is 274 g/mol. The van der Waals surface area contributed by atoms with Gasteiger partial charge in [-0.1, -0.05) is 25.5 Å². The Hall–Kier alpha value is -1.97. The van der Waals surface area contributed by atoms with Crippen molar-refractivity contribution in [1.29, 1.82) is 0 Å². The highest BCUT2D eigenvalue weighted by Crippen LogP contribution is 2.14. The van der Waals surface area contributed by atoms with Gasteiger partial charge < -0.3 is 15.3 Å². The van der Waals surface area contributed by atoms with Crippen LogP contribution in [0.4, 0.5) is 0 Å². The zero-order valence-electron chi connectivity index (χ0n) is 11.9. The van der Waals surface area contributed by atoms with E-state index < -0.39 is 0 Å². The Kier molecular flexibility index (Phi) is 5.47. The number of aliphatic hydroxyl groups is 1. The summed E-state index contributed by atoms with van der Waals surface area (Å²) in [5.74, 6) is 1.27. The zero-order chi connectivity index (χ0) is 14.2. The van der Waals surface area contributed by atoms with E-state index in [4.69, 9.17) is 4.74 Å². The van der Waals surface area contributed by atoms with Gasteiger partial charge in [0.15, 0.2) is 0 Å². The summed E-state index contributed by atoms with van der Waals surface area (Å²) in [5.41, 5.74) is 4.94. The van der Waals surface area contributed by atoms with Crippen LogP contribution in [-0.2, 0) is 6.42 Å². The number of ether oxygens (including phenoxy) is 1. The molecule has 4 heteroatoms. The van der Waals surface area contributed by atoms with Crippen LogP contribution in [0.3, 0.4) is 0 Å². The maximum absolute atomic E-state index is 9.42. The number of rotatable bonds is 7. The van der Waals surface area contributed by atoms with Crippen molar-refractivity contribution in [2.24, 2.45) is 5.10 Å². The van der Waals surface area contributed by atoms with E-state index in [9.17, 15) is 5.11 Å². The van der Waals surface area contributed by atoms with Crippen molar-refractivity contribution in [2.45, 2.75) is 32.6 Å². The number of aryl methyl sites for hydroxylation is 1. The van der Waals surface area contributed by atoms with Crippen LogP contribution in [0.2, 0.25) is 0 Å². The van der Waals surface area contributed by atoms with E-state index in [1.807, 2.05) is 12.1 Å². The highest BCUT2D eigenvalue weighted by Gasteiger charge is 2.05. The molecule has 1 aliphatic heterocycles. The van der Waals surface area contributed by atoms with Crippen LogP contribution >= 0.6 is 0 Å². The van der Waals surface area contributed by atoms with Crippen molar-refractivity contribution in [1.82, 2.24) is 5.43 Å². The van der Waals surface area contributed by atoms with Gasteiger partial charge in [0.2, 0.25) is 0 Å². The summed E-state index contributed by atoms with van der Waals surface area (Å²) in [5, 5.41) is 13.6. The third kappa shape index (κ3) is 4.61. The second-order valence-electron chi connectivity index (χ2n) is 4.92. The molecule has 0 amide bonds. The lowest BCUT2D eigenvalue weighted by Gasteiger charge is -2.10. The lowest BCUT2D eigenvalue weighted by molar-refractivity contribution is 0.309. The molecule has 0 bridgehead atoms. The fraction of sp³-hybridized carbons (Fsp3) is 0.438. The first-order valence-electron chi connectivity index (χ1n) is 7.18. The molecule has 0 radical (unpaired) electrons. The average Bonchev–Trinajstić information content (AvgIpc) is 2.47. The van der Waals surface area contributed by atoms with E-state index in [1.165, 1.54) is 5.56 Å². The molecule has 1 heterocycles. The van der Waals surface area contributed by atoms with Gasteiger partial charge in [-0.2, -0.15) is 5.10 Å². The van der Waals surface area contributed by atoms with E-state index in [0.717, 1.165) is 43.8 Å². The summed E-state index contributed by atoms with van der Waals surface area (Å²) in [4.78, 5) is 0. The number of allylic oxidation sites excluding steroid dienone is 1. The number of benzene rings is 1. The van der Waals surface area contributed by atoms with Crippen molar-refractivity contribution in [2.75, 3.05) is 13.2 Å². The quantitative estimate of drug-likeness (QED) is 0.751. The first-order valence-corrected chi connectivity index (χ1v) is 7.18. The molecule has 0 fully saturated rings. The molecular formula is C16H22N2O2. The van der Waals surface area contributed by atoms with Gasteiger partial charge in [-0.15, -0.1) is 0 Å². The largest absolute Gasteiger partial charge is 0.510 e. The van der Waals surface area contributed by atoms with Gasteiger partial charge in [0, 0.05) is 6.08 Å². The molecule has 0 unspecified atom stereocenters. The smallest absolute Gasteiger partial charge is 0.119 e. The summed E-state index contributed by atoms with van der Waals surface area (Å²) in [6.45, 7) is 3.36. The Morgan fingerprint density at radius 2 is 2.05 bits per heavy atom. The number of nitrogens with one attached hydrogen (secondary N) is 1. The summed E-state index contributed by atoms with van der Waals surface area (Å²) in [6.07, 6.45) is 5.68. The number of hydrogen-bond donors (Lipinski definition) is 2. The third-order valence-corrected chi connectivity index (χ3v) is 3.18. The van der Waals surface area contributed by atoms with E-state index >= 15 is 0 Å². The maximum Gasteiger partial charge on any atom is 0.119 e. The molecule has 0 aromatic heterocycles. The predicted molar refractivity (Wildman–Crippen MR) is 81.3 cm³/mol. The number of nitrogens with zero attached hydrogens (tertiary/aromatic N) is 1. The average molecular weight is 274 g/mol. The lowest BCUT2D eigenvalue weighted by Crippen LogP contribution is -2.19. The van der Waals surface area contributed by atoms with Gasteiger partial charge in [0.25, 0.3) is 0 Å². The van der Waals surface area contributed by atoms with Crippen molar-refractivity contribution < 1.29 is 9.84 Å². The van der Waals surface area contributed by atoms with Crippen LogP contribution < -0.4 is 10.2 Å². The molecule has 0 saturated heterocycles. The molecule has 0 spiro atoms. The number of hydrazone groups is 1. The molecule has 1 aliphatic rings. The lowest BCUT2D eigenvalue weighted by atomic mass is 10.1. The minimum Gasteiger partial charge on any atom is -0.510 e. The van der Waals surface area contributed by atoms with Crippen LogP contribution in [0, 0.1) is 0 Å². The van der Waals surface area contributed by atoms with Crippen LogP contribution in [0.1, 0.15) is 31.7 Å². The molecule has 2 rings (SSSR count). The van der Waals surface area contributed by atoms with Crippen molar-refractivity contribution in [3.05, 3.63) is 41.7 Å². The Morgan fingerprint density at radius 1 is 1.25 bits per heavy atom. The van der Waals surface area contributed by atoms with Gasteiger partial charge in [0.05, 0.1) is 18.9 Å². The Labute approximate surface area is 120 Å². The minimum absolute atomic E-state index is 0.342. The standard InChI is InChI=1S/C16H22N2O2/c1-2-3-10-20-16-8-5-13(6-9-16)4-7-14-11-15(19)12-17-18-14/h5-6,8-9,11,17,19H,2-4,7,10,12H2,1H3. The molecule has 2 N–H and O–H groups in total. The molecule has 108 valence electrons. The normalized spacial score (nSPS) is 14.2. The second kappa shape index (κ2) is 7.58. The number of hydrogen-bond acceptors (Lipinski definition) is 4. The summed E-state index contributed by atoms with van der Waals surface area (Å²) in [7, 11) is 0.